The number of ketones is 4. The summed E-state index contributed by atoms with van der Waals surface area (Å²) in [4.78, 5) is 60.5. The SMILES string of the molecule is CC(C)(C)C(=O)C=C(O)C(C)(C)C.CC(C)(C)C(O)=CC(=O)C(F)(F)F.CC(O)=CC(=O)C(F)(F)F.O=C(C=C(O)C(F)(F)F)C(F)(F)F.[Ir].[Ir].[Ir].[Ir].[c-]1cc2ccccc2cc1-c1ccc2ccccc2n1.[c-]1cc2ccccc2cc1-c1ccc2ccccc2n1.[c-]1cc2ccccc2cc1-c1ccc2ccccc2n1.[c-]1cc2ccccc2cc1-c1ccc2ccccc2n1. The van der Waals surface area contributed by atoms with E-state index in [4.69, 9.17) is 35.3 Å². The molecule has 4 heterocycles. The minimum atomic E-state index is -5.42. The third-order valence-electron chi connectivity index (χ3n) is 18.8. The Morgan fingerprint density at radius 3 is 0.639 bits per heavy atom. The first-order valence-corrected chi connectivity index (χ1v) is 39.7. The largest absolute Gasteiger partial charge is 0.512 e. The minimum absolute atomic E-state index is 0. The fraction of sp³-hybridized carbons (Fsp3) is 0.162. The quantitative estimate of drug-likeness (QED) is 0.0486. The van der Waals surface area contributed by atoms with Gasteiger partial charge in [-0.25, -0.2) is 0 Å². The van der Waals surface area contributed by atoms with Crippen LogP contribution in [-0.2, 0) is 99.6 Å². The summed E-state index contributed by atoms with van der Waals surface area (Å²) in [5.41, 5.74) is 10.5. The topological polar surface area (TPSA) is 201 Å². The van der Waals surface area contributed by atoms with Gasteiger partial charge < -0.3 is 20.4 Å². The molecule has 0 spiro atoms. The molecule has 0 aliphatic rings. The zero-order chi connectivity index (χ0) is 94.4. The van der Waals surface area contributed by atoms with Crippen LogP contribution in [0.25, 0.3) is 132 Å². The molecule has 0 aliphatic carbocycles. The number of fused-ring (bicyclic) bond motifs is 8. The van der Waals surface area contributed by atoms with Crippen molar-refractivity contribution in [3.05, 3.63) is 363 Å². The zero-order valence-corrected chi connectivity index (χ0v) is 82.2. The molecule has 0 fully saturated rings. The molecular formula is C105H86F12Ir4N4O8-4. The first-order chi connectivity index (χ1) is 60.6. The molecule has 0 amide bonds. The molecule has 133 heavy (non-hydrogen) atoms. The van der Waals surface area contributed by atoms with Crippen molar-refractivity contribution >= 4 is 110 Å². The van der Waals surface area contributed by atoms with Crippen LogP contribution < -0.4 is 0 Å². The second-order valence-corrected chi connectivity index (χ2v) is 32.0. The van der Waals surface area contributed by atoms with Crippen molar-refractivity contribution in [2.45, 2.75) is 93.9 Å². The van der Waals surface area contributed by atoms with Gasteiger partial charge in [0.2, 0.25) is 5.76 Å². The van der Waals surface area contributed by atoms with Crippen LogP contribution >= 0.6 is 0 Å². The molecule has 4 aromatic heterocycles. The van der Waals surface area contributed by atoms with Crippen LogP contribution in [-0.4, -0.2) is 88.2 Å². The molecule has 0 bridgehead atoms. The molecule has 16 rings (SSSR count). The number of carbonyl (C=O) groups is 4. The van der Waals surface area contributed by atoms with Crippen LogP contribution in [0.1, 0.15) is 69.2 Å². The van der Waals surface area contributed by atoms with Gasteiger partial charge in [0.05, 0.1) is 27.8 Å². The molecule has 0 saturated heterocycles. The van der Waals surface area contributed by atoms with Gasteiger partial charge in [-0.15, -0.1) is 117 Å². The molecule has 28 heteroatoms. The van der Waals surface area contributed by atoms with Gasteiger partial charge in [-0.3, -0.25) is 39.1 Å². The molecule has 16 aromatic rings. The fourth-order valence-electron chi connectivity index (χ4n) is 11.5. The predicted molar refractivity (Wildman–Crippen MR) is 485 cm³/mol. The van der Waals surface area contributed by atoms with Crippen molar-refractivity contribution in [3.63, 3.8) is 0 Å². The van der Waals surface area contributed by atoms with Gasteiger partial charge in [-0.1, -0.05) is 302 Å². The van der Waals surface area contributed by atoms with E-state index in [1.165, 1.54) is 69.9 Å². The minimum Gasteiger partial charge on any atom is -0.512 e. The number of aliphatic hydroxyl groups is 4. The Hall–Kier alpha value is -12.1. The van der Waals surface area contributed by atoms with Gasteiger partial charge >= 0.3 is 24.7 Å². The third-order valence-corrected chi connectivity index (χ3v) is 18.8. The fourth-order valence-corrected chi connectivity index (χ4v) is 11.5. The number of rotatable bonds is 8. The number of hydrogen-bond acceptors (Lipinski definition) is 12. The monoisotopic (exact) mass is 2530 g/mol. The number of aliphatic hydroxyl groups excluding tert-OH is 4. The molecule has 0 aliphatic heterocycles. The van der Waals surface area contributed by atoms with Crippen molar-refractivity contribution in [2.75, 3.05) is 0 Å². The number of allylic oxidation sites excluding steroid dienone is 8. The van der Waals surface area contributed by atoms with Crippen LogP contribution in [0.5, 0.6) is 0 Å². The third kappa shape index (κ3) is 33.9. The molecule has 12 nitrogen and oxygen atoms in total. The summed E-state index contributed by atoms with van der Waals surface area (Å²) >= 11 is 0. The van der Waals surface area contributed by atoms with Gasteiger partial charge in [-0.05, 0) is 75.5 Å². The number of benzene rings is 12. The smallest absolute Gasteiger partial charge is 0.454 e. The van der Waals surface area contributed by atoms with E-state index >= 15 is 0 Å². The average Bonchev–Trinajstić information content (AvgIpc) is 0.813. The molecular weight excluding hydrogens is 2440 g/mol. The predicted octanol–water partition coefficient (Wildman–Crippen LogP) is 28.8. The van der Waals surface area contributed by atoms with E-state index in [0.29, 0.717) is 0 Å². The Balaban J connectivity index is 0.000000271. The molecule has 12 aromatic carbocycles. The van der Waals surface area contributed by atoms with Crippen LogP contribution in [0.15, 0.2) is 339 Å². The second kappa shape index (κ2) is 49.1. The van der Waals surface area contributed by atoms with E-state index in [1.54, 1.807) is 0 Å². The zero-order valence-electron chi connectivity index (χ0n) is 72.6. The van der Waals surface area contributed by atoms with E-state index < -0.39 is 76.2 Å². The summed E-state index contributed by atoms with van der Waals surface area (Å²) in [6, 6.07) is 113. The van der Waals surface area contributed by atoms with Gasteiger partial charge in [0.15, 0.2) is 5.78 Å². The summed E-state index contributed by atoms with van der Waals surface area (Å²) in [5.74, 6) is -10.5. The standard InChI is InChI=1S/4C19H12N.C11H20O2.C8H11F3O2.C5H2F6O2.C5H5F3O2.4Ir/c4*1-2-7-16-13-17(10-9-14(16)5-1)19-12-11-15-6-3-4-8-18(15)20-19;1-10(2,3)8(12)7-9(13)11(4,5)6;1-7(2,3)5(12)4-6(13)8(9,10)11;6-4(7,8)2(12)1-3(13)5(9,10)11;1-3(9)2-4(10)5(6,7)8;;;;/h4*1-9,11-13H;7,12H,1-6H3;4,12H,1-3H3;1,12H;2,9H,1H3;;;;/q4*-1;;;;;;;;. The maximum Gasteiger partial charge on any atom is 0.454 e. The Morgan fingerprint density at radius 1 is 0.248 bits per heavy atom. The number of pyridine rings is 4. The first kappa shape index (κ1) is 111. The van der Waals surface area contributed by atoms with E-state index in [9.17, 15) is 77.0 Å². The van der Waals surface area contributed by atoms with Crippen LogP contribution in [0, 0.1) is 40.5 Å². The van der Waals surface area contributed by atoms with E-state index in [-0.39, 0.29) is 110 Å². The van der Waals surface area contributed by atoms with Crippen LogP contribution in [0.2, 0.25) is 0 Å². The molecule has 0 atom stereocenters. The Bertz CT molecular complexity index is 5780. The molecule has 4 N–H and O–H groups in total. The van der Waals surface area contributed by atoms with Gasteiger partial charge in [0.1, 0.15) is 11.5 Å². The number of hydrogen-bond donors (Lipinski definition) is 4. The number of nitrogens with zero attached hydrogens (tertiary/aromatic N) is 4. The average molecular weight is 2530 g/mol. The first-order valence-electron chi connectivity index (χ1n) is 39.7. The summed E-state index contributed by atoms with van der Waals surface area (Å²) in [5, 5.41) is 49.1. The van der Waals surface area contributed by atoms with Crippen molar-refractivity contribution < 1.29 is 173 Å². The number of para-hydroxylation sites is 4. The summed E-state index contributed by atoms with van der Waals surface area (Å²) in [6.07, 6.45) is -19.8. The van der Waals surface area contributed by atoms with Crippen LogP contribution in [0.3, 0.4) is 0 Å². The number of halogens is 12. The number of alkyl halides is 12. The Morgan fingerprint density at radius 2 is 0.444 bits per heavy atom. The second-order valence-electron chi connectivity index (χ2n) is 32.0. The molecule has 0 unspecified atom stereocenters. The number of carbonyl (C=O) groups excluding carboxylic acids is 4. The van der Waals surface area contributed by atoms with Gasteiger partial charge in [-0.2, -0.15) is 52.7 Å². The maximum absolute atomic E-state index is 11.7. The molecule has 4 radical (unpaired) electrons. The van der Waals surface area contributed by atoms with Crippen molar-refractivity contribution in [3.8, 4) is 45.0 Å². The summed E-state index contributed by atoms with van der Waals surface area (Å²) in [7, 11) is 0. The van der Waals surface area contributed by atoms with Crippen LogP contribution in [0.4, 0.5) is 52.7 Å². The molecule has 0 saturated carbocycles. The van der Waals surface area contributed by atoms with Gasteiger partial charge in [0.25, 0.3) is 17.3 Å². The Labute approximate surface area is 814 Å². The van der Waals surface area contributed by atoms with Crippen molar-refractivity contribution in [2.24, 2.45) is 16.2 Å². The van der Waals surface area contributed by atoms with E-state index in [1.807, 2.05) is 163 Å². The molecule has 698 valence electrons. The summed E-state index contributed by atoms with van der Waals surface area (Å²) in [6.45, 7) is 16.6. The van der Waals surface area contributed by atoms with Gasteiger partial charge in [0, 0.05) is 121 Å². The van der Waals surface area contributed by atoms with E-state index in [0.717, 1.165) is 95.6 Å². The summed E-state index contributed by atoms with van der Waals surface area (Å²) < 4.78 is 137. The van der Waals surface area contributed by atoms with E-state index in [2.05, 4.69) is 194 Å². The number of aromatic nitrogens is 4. The normalized spacial score (nSPS) is 11.9. The maximum atomic E-state index is 11.7. The Kier molecular flexibility index (Phi) is 41.1. The van der Waals surface area contributed by atoms with Crippen molar-refractivity contribution in [1.82, 2.24) is 19.9 Å². The van der Waals surface area contributed by atoms with Crippen molar-refractivity contribution in [1.29, 1.82) is 0 Å².